The molecule has 0 radical (unpaired) electrons. The summed E-state index contributed by atoms with van der Waals surface area (Å²) >= 11 is 0. The van der Waals surface area contributed by atoms with E-state index < -0.39 is 0 Å². The first-order valence-electron chi connectivity index (χ1n) is 12.7. The minimum Gasteiger partial charge on any atom is -0.353 e. The van der Waals surface area contributed by atoms with Gasteiger partial charge in [-0.3, -0.25) is 4.79 Å². The maximum atomic E-state index is 12.7. The number of rotatable bonds is 4. The van der Waals surface area contributed by atoms with E-state index in [1.165, 1.54) is 51.5 Å². The fourth-order valence-electron chi connectivity index (χ4n) is 8.83. The molecule has 3 heteroatoms. The molecular formula is C26H46N2O. The highest BCUT2D eigenvalue weighted by atomic mass is 16.1. The molecular weight excluding hydrogens is 356 g/mol. The predicted molar refractivity (Wildman–Crippen MR) is 121 cm³/mol. The molecule has 4 rings (SSSR count). The molecule has 0 aromatic rings. The third-order valence-corrected chi connectivity index (χ3v) is 10.2. The molecule has 8 atom stereocenters. The van der Waals surface area contributed by atoms with Crippen molar-refractivity contribution in [2.45, 2.75) is 104 Å². The van der Waals surface area contributed by atoms with Gasteiger partial charge in [0.05, 0.1) is 0 Å². The van der Waals surface area contributed by atoms with Gasteiger partial charge < -0.3 is 10.2 Å². The van der Waals surface area contributed by atoms with Gasteiger partial charge in [0.25, 0.3) is 0 Å². The molecule has 4 aliphatic rings. The number of hydrogen-bond acceptors (Lipinski definition) is 2. The van der Waals surface area contributed by atoms with E-state index >= 15 is 0 Å². The van der Waals surface area contributed by atoms with Crippen LogP contribution in [0.25, 0.3) is 0 Å². The highest BCUT2D eigenvalue weighted by Crippen LogP contribution is 2.65. The maximum Gasteiger partial charge on any atom is 0.220 e. The highest BCUT2D eigenvalue weighted by molar-refractivity contribution is 5.76. The fraction of sp³-hybridized carbons (Fsp3) is 0.962. The van der Waals surface area contributed by atoms with Crippen molar-refractivity contribution in [1.29, 1.82) is 0 Å². The van der Waals surface area contributed by atoms with Crippen LogP contribution < -0.4 is 5.32 Å². The summed E-state index contributed by atoms with van der Waals surface area (Å²) in [7, 11) is 2.37. The zero-order valence-corrected chi connectivity index (χ0v) is 20.0. The summed E-state index contributed by atoms with van der Waals surface area (Å²) in [4.78, 5) is 15.4. The summed E-state index contributed by atoms with van der Waals surface area (Å²) in [6.07, 6.45) is 11.2. The molecule has 3 saturated carbocycles. The number of nitrogens with zero attached hydrogens (tertiary/aromatic N) is 1. The number of piperidine rings is 1. The zero-order chi connectivity index (χ0) is 21.0. The Kier molecular flexibility index (Phi) is 5.86. The minimum atomic E-state index is 0.296. The van der Waals surface area contributed by atoms with Gasteiger partial charge in [0, 0.05) is 18.5 Å². The van der Waals surface area contributed by atoms with E-state index in [-0.39, 0.29) is 0 Å². The zero-order valence-electron chi connectivity index (χ0n) is 20.0. The second kappa shape index (κ2) is 7.84. The van der Waals surface area contributed by atoms with Crippen LogP contribution >= 0.6 is 0 Å². The summed E-state index contributed by atoms with van der Waals surface area (Å²) < 4.78 is 0. The van der Waals surface area contributed by atoms with Gasteiger partial charge >= 0.3 is 0 Å². The molecule has 1 saturated heterocycles. The Morgan fingerprint density at radius 3 is 2.62 bits per heavy atom. The van der Waals surface area contributed by atoms with Crippen molar-refractivity contribution in [3.8, 4) is 0 Å². The van der Waals surface area contributed by atoms with E-state index in [1.807, 2.05) is 0 Å². The van der Waals surface area contributed by atoms with Crippen LogP contribution in [0.4, 0.5) is 0 Å². The van der Waals surface area contributed by atoms with Crippen LogP contribution in [0.3, 0.4) is 0 Å². The average Bonchev–Trinajstić information content (AvgIpc) is 2.90. The lowest BCUT2D eigenvalue weighted by atomic mass is 9.46. The molecule has 1 heterocycles. The van der Waals surface area contributed by atoms with Crippen molar-refractivity contribution in [1.82, 2.24) is 10.2 Å². The van der Waals surface area contributed by atoms with Crippen LogP contribution in [0.2, 0.25) is 0 Å². The molecule has 3 unspecified atom stereocenters. The molecule has 29 heavy (non-hydrogen) atoms. The quantitative estimate of drug-likeness (QED) is 0.674. The third-order valence-electron chi connectivity index (χ3n) is 10.2. The molecule has 0 spiro atoms. The molecule has 166 valence electrons. The fourth-order valence-corrected chi connectivity index (χ4v) is 8.83. The highest BCUT2D eigenvalue weighted by Gasteiger charge is 2.62. The van der Waals surface area contributed by atoms with Crippen LogP contribution in [0.15, 0.2) is 0 Å². The SMILES string of the molecule is CC(C)CCC(=O)NC1CC(C)[C@H]2[C@@H]3CCC4N(C)CCC[C@]4(C)[C@@H]3CC[C@]12C. The number of fused-ring (bicyclic) bond motifs is 5. The van der Waals surface area contributed by atoms with Gasteiger partial charge in [-0.2, -0.15) is 0 Å². The summed E-state index contributed by atoms with van der Waals surface area (Å²) in [5.41, 5.74) is 0.813. The van der Waals surface area contributed by atoms with Crippen molar-refractivity contribution in [3.63, 3.8) is 0 Å². The average molecular weight is 403 g/mol. The molecule has 0 aromatic heterocycles. The van der Waals surface area contributed by atoms with E-state index in [4.69, 9.17) is 0 Å². The van der Waals surface area contributed by atoms with E-state index in [9.17, 15) is 4.79 Å². The lowest BCUT2D eigenvalue weighted by Gasteiger charge is -2.62. The van der Waals surface area contributed by atoms with Gasteiger partial charge in [0.2, 0.25) is 5.91 Å². The Balaban J connectivity index is 1.51. The first kappa shape index (κ1) is 21.7. The van der Waals surface area contributed by atoms with Gasteiger partial charge in [0.1, 0.15) is 0 Å². The smallest absolute Gasteiger partial charge is 0.220 e. The Labute approximate surface area is 179 Å². The predicted octanol–water partition coefficient (Wildman–Crippen LogP) is 5.49. The van der Waals surface area contributed by atoms with Crippen molar-refractivity contribution in [2.24, 2.45) is 40.4 Å². The van der Waals surface area contributed by atoms with E-state index in [2.05, 4.69) is 51.9 Å². The molecule has 3 aliphatic carbocycles. The molecule has 0 bridgehead atoms. The Bertz CT molecular complexity index is 618. The molecule has 1 N–H and O–H groups in total. The number of carbonyl (C=O) groups is 1. The van der Waals surface area contributed by atoms with Crippen molar-refractivity contribution >= 4 is 5.91 Å². The van der Waals surface area contributed by atoms with E-state index in [0.717, 1.165) is 36.1 Å². The lowest BCUT2D eigenvalue weighted by Crippen LogP contribution is -2.61. The molecule has 4 fully saturated rings. The van der Waals surface area contributed by atoms with Crippen LogP contribution in [0.5, 0.6) is 0 Å². The van der Waals surface area contributed by atoms with Gasteiger partial charge in [-0.15, -0.1) is 0 Å². The monoisotopic (exact) mass is 402 g/mol. The minimum absolute atomic E-state index is 0.296. The number of amides is 1. The van der Waals surface area contributed by atoms with Crippen molar-refractivity contribution in [3.05, 3.63) is 0 Å². The van der Waals surface area contributed by atoms with Crippen molar-refractivity contribution < 1.29 is 4.79 Å². The second-order valence-electron chi connectivity index (χ2n) is 12.3. The van der Waals surface area contributed by atoms with Gasteiger partial charge in [-0.25, -0.2) is 0 Å². The van der Waals surface area contributed by atoms with Gasteiger partial charge in [0.15, 0.2) is 0 Å². The second-order valence-corrected chi connectivity index (χ2v) is 12.3. The van der Waals surface area contributed by atoms with Crippen LogP contribution in [-0.4, -0.2) is 36.5 Å². The van der Waals surface area contributed by atoms with E-state index in [1.54, 1.807) is 0 Å². The van der Waals surface area contributed by atoms with Crippen LogP contribution in [0.1, 0.15) is 92.4 Å². The van der Waals surface area contributed by atoms with Crippen LogP contribution in [-0.2, 0) is 4.79 Å². The standard InChI is InChI=1S/C26H46N2O/c1-17(2)8-11-23(29)27-21-16-18(3)24-19-9-10-22-25(4,13-7-15-28(22)6)20(19)12-14-26(21,24)5/h17-22,24H,7-16H2,1-6H3,(H,27,29)/t18?,19-,20-,21?,22?,24+,25-,26-/m1/s1. The molecule has 1 aliphatic heterocycles. The topological polar surface area (TPSA) is 32.3 Å². The lowest BCUT2D eigenvalue weighted by molar-refractivity contribution is -0.131. The number of nitrogens with one attached hydrogen (secondary N) is 1. The van der Waals surface area contributed by atoms with Gasteiger partial charge in [-0.05, 0) is 105 Å². The molecule has 0 aromatic carbocycles. The molecule has 3 nitrogen and oxygen atoms in total. The number of likely N-dealkylation sites (tertiary alicyclic amines) is 1. The molecule has 1 amide bonds. The summed E-state index contributed by atoms with van der Waals surface area (Å²) in [5, 5.41) is 3.53. The normalized spacial score (nSPS) is 47.4. The van der Waals surface area contributed by atoms with E-state index in [0.29, 0.717) is 35.1 Å². The number of hydrogen-bond donors (Lipinski definition) is 1. The van der Waals surface area contributed by atoms with Crippen LogP contribution in [0, 0.1) is 40.4 Å². The Morgan fingerprint density at radius 2 is 1.90 bits per heavy atom. The largest absolute Gasteiger partial charge is 0.353 e. The third kappa shape index (κ3) is 3.58. The summed E-state index contributed by atoms with van der Waals surface area (Å²) in [5.74, 6) is 4.19. The summed E-state index contributed by atoms with van der Waals surface area (Å²) in [6.45, 7) is 13.4. The summed E-state index contributed by atoms with van der Waals surface area (Å²) in [6, 6.07) is 1.19. The number of carbonyl (C=O) groups excluding carboxylic acids is 1. The van der Waals surface area contributed by atoms with Gasteiger partial charge in [-0.1, -0.05) is 34.6 Å². The Morgan fingerprint density at radius 1 is 1.14 bits per heavy atom. The Hall–Kier alpha value is -0.570. The van der Waals surface area contributed by atoms with Crippen molar-refractivity contribution in [2.75, 3.05) is 13.6 Å². The first-order valence-corrected chi connectivity index (χ1v) is 12.7. The first-order chi connectivity index (χ1) is 13.7. The maximum absolute atomic E-state index is 12.7.